The summed E-state index contributed by atoms with van der Waals surface area (Å²) in [7, 11) is 0. The predicted octanol–water partition coefficient (Wildman–Crippen LogP) is 1.61. The van der Waals surface area contributed by atoms with Gasteiger partial charge in [-0.1, -0.05) is 18.2 Å². The number of rotatable bonds is 7. The van der Waals surface area contributed by atoms with E-state index < -0.39 is 6.23 Å². The first-order chi connectivity index (χ1) is 13.9. The lowest BCUT2D eigenvalue weighted by Crippen LogP contribution is -2.46. The molecule has 3 rings (SSSR count). The molecule has 1 amide bonds. The molecule has 1 fully saturated rings. The van der Waals surface area contributed by atoms with Crippen LogP contribution in [0.4, 0.5) is 11.4 Å². The molecule has 1 atom stereocenters. The Kier molecular flexibility index (Phi) is 7.22. The molecule has 29 heavy (non-hydrogen) atoms. The van der Waals surface area contributed by atoms with Gasteiger partial charge in [-0.25, -0.2) is 0 Å². The van der Waals surface area contributed by atoms with Crippen molar-refractivity contribution in [1.82, 2.24) is 9.80 Å². The number of nitrogen functional groups attached to an aromatic ring is 1. The average Bonchev–Trinajstić information content (AvgIpc) is 2.71. The Balaban J connectivity index is 1.48. The summed E-state index contributed by atoms with van der Waals surface area (Å²) >= 11 is 0. The fraction of sp³-hybridized carbons (Fsp3) is 0.409. The second-order valence-corrected chi connectivity index (χ2v) is 7.70. The Morgan fingerprint density at radius 2 is 1.76 bits per heavy atom. The number of amides is 1. The SMILES string of the molecule is Cc1ccc(NC(=O)c2ccc(CN3CCN(CCC(N)O)CC3)cc2)cc1N. The van der Waals surface area contributed by atoms with Gasteiger partial charge in [0.25, 0.3) is 5.91 Å². The molecular weight excluding hydrogens is 366 g/mol. The molecule has 1 aliphatic heterocycles. The number of benzene rings is 2. The van der Waals surface area contributed by atoms with Gasteiger partial charge >= 0.3 is 0 Å². The fourth-order valence-electron chi connectivity index (χ4n) is 3.43. The first kappa shape index (κ1) is 21.3. The van der Waals surface area contributed by atoms with E-state index in [4.69, 9.17) is 11.5 Å². The standard InChI is InChI=1S/C22H31N5O2/c1-16-2-7-19(14-20(16)23)25-22(29)18-5-3-17(4-6-18)15-27-12-10-26(11-13-27)9-8-21(24)28/h2-7,14,21,28H,8-13,15,23-24H2,1H3,(H,25,29). The van der Waals surface area contributed by atoms with E-state index in [-0.39, 0.29) is 5.91 Å². The van der Waals surface area contributed by atoms with Crippen LogP contribution in [0.3, 0.4) is 0 Å². The third-order valence-corrected chi connectivity index (χ3v) is 5.37. The van der Waals surface area contributed by atoms with E-state index in [1.165, 1.54) is 5.56 Å². The number of nitrogens with zero attached hydrogens (tertiary/aromatic N) is 2. The zero-order valence-electron chi connectivity index (χ0n) is 17.0. The summed E-state index contributed by atoms with van der Waals surface area (Å²) in [5.74, 6) is -0.143. The van der Waals surface area contributed by atoms with Crippen LogP contribution in [0.1, 0.15) is 27.9 Å². The molecule has 7 heteroatoms. The van der Waals surface area contributed by atoms with Crippen molar-refractivity contribution < 1.29 is 9.90 Å². The first-order valence-corrected chi connectivity index (χ1v) is 10.1. The van der Waals surface area contributed by atoms with E-state index >= 15 is 0 Å². The van der Waals surface area contributed by atoms with E-state index in [1.807, 2.05) is 43.3 Å². The first-order valence-electron chi connectivity index (χ1n) is 10.1. The van der Waals surface area contributed by atoms with Gasteiger partial charge < -0.3 is 26.8 Å². The molecule has 0 aliphatic carbocycles. The van der Waals surface area contributed by atoms with Crippen molar-refractivity contribution in [3.63, 3.8) is 0 Å². The topological polar surface area (TPSA) is 108 Å². The van der Waals surface area contributed by atoms with Crippen molar-refractivity contribution in [2.24, 2.45) is 5.73 Å². The molecule has 0 saturated carbocycles. The van der Waals surface area contributed by atoms with E-state index in [2.05, 4.69) is 15.1 Å². The highest BCUT2D eigenvalue weighted by molar-refractivity contribution is 6.04. The van der Waals surface area contributed by atoms with Gasteiger partial charge in [-0.2, -0.15) is 0 Å². The number of anilines is 2. The zero-order valence-corrected chi connectivity index (χ0v) is 17.0. The third kappa shape index (κ3) is 6.27. The zero-order chi connectivity index (χ0) is 20.8. The monoisotopic (exact) mass is 397 g/mol. The van der Waals surface area contributed by atoms with E-state index in [0.717, 1.165) is 44.8 Å². The summed E-state index contributed by atoms with van der Waals surface area (Å²) in [6, 6.07) is 13.3. The maximum atomic E-state index is 12.5. The Morgan fingerprint density at radius 3 is 2.38 bits per heavy atom. The molecule has 0 radical (unpaired) electrons. The number of aliphatic hydroxyl groups excluding tert-OH is 1. The van der Waals surface area contributed by atoms with Gasteiger partial charge in [0, 0.05) is 56.2 Å². The lowest BCUT2D eigenvalue weighted by atomic mass is 10.1. The second kappa shape index (κ2) is 9.84. The summed E-state index contributed by atoms with van der Waals surface area (Å²) in [6.07, 6.45) is -0.120. The minimum absolute atomic E-state index is 0.143. The summed E-state index contributed by atoms with van der Waals surface area (Å²) in [5.41, 5.74) is 15.5. The third-order valence-electron chi connectivity index (χ3n) is 5.37. The van der Waals surface area contributed by atoms with Crippen LogP contribution < -0.4 is 16.8 Å². The minimum Gasteiger partial charge on any atom is -0.398 e. The molecule has 7 nitrogen and oxygen atoms in total. The summed E-state index contributed by atoms with van der Waals surface area (Å²) in [6.45, 7) is 7.56. The van der Waals surface area contributed by atoms with Crippen molar-refractivity contribution in [1.29, 1.82) is 0 Å². The predicted molar refractivity (Wildman–Crippen MR) is 117 cm³/mol. The maximum absolute atomic E-state index is 12.5. The van der Waals surface area contributed by atoms with E-state index in [9.17, 15) is 9.90 Å². The summed E-state index contributed by atoms with van der Waals surface area (Å²) in [5, 5.41) is 12.1. The number of carbonyl (C=O) groups excluding carboxylic acids is 1. The Hall–Kier alpha value is -2.45. The number of carbonyl (C=O) groups is 1. The number of hydrogen-bond donors (Lipinski definition) is 4. The second-order valence-electron chi connectivity index (χ2n) is 7.70. The van der Waals surface area contributed by atoms with Crippen LogP contribution in [0, 0.1) is 6.92 Å². The number of aliphatic hydroxyl groups is 1. The molecule has 1 heterocycles. The van der Waals surface area contributed by atoms with Crippen molar-refractivity contribution >= 4 is 17.3 Å². The summed E-state index contributed by atoms with van der Waals surface area (Å²) in [4.78, 5) is 17.2. The van der Waals surface area contributed by atoms with Gasteiger partial charge in [0.2, 0.25) is 0 Å². The van der Waals surface area contributed by atoms with Crippen LogP contribution in [0.5, 0.6) is 0 Å². The lowest BCUT2D eigenvalue weighted by Gasteiger charge is -2.34. The molecule has 2 aromatic rings. The molecular formula is C22H31N5O2. The molecule has 2 aromatic carbocycles. The average molecular weight is 398 g/mol. The quantitative estimate of drug-likeness (QED) is 0.418. The molecule has 0 spiro atoms. The molecule has 6 N–H and O–H groups in total. The molecule has 0 aromatic heterocycles. The van der Waals surface area contributed by atoms with E-state index in [1.54, 1.807) is 6.07 Å². The highest BCUT2D eigenvalue weighted by Crippen LogP contribution is 2.18. The number of nitrogens with two attached hydrogens (primary N) is 2. The van der Waals surface area contributed by atoms with Gasteiger partial charge in [-0.15, -0.1) is 0 Å². The number of piperazine rings is 1. The highest BCUT2D eigenvalue weighted by Gasteiger charge is 2.17. The van der Waals surface area contributed by atoms with Crippen molar-refractivity contribution in [2.45, 2.75) is 26.1 Å². The van der Waals surface area contributed by atoms with Crippen LogP contribution in [0.25, 0.3) is 0 Å². The summed E-state index contributed by atoms with van der Waals surface area (Å²) < 4.78 is 0. The van der Waals surface area contributed by atoms with Crippen molar-refractivity contribution in [3.8, 4) is 0 Å². The van der Waals surface area contributed by atoms with Crippen molar-refractivity contribution in [2.75, 3.05) is 43.8 Å². The van der Waals surface area contributed by atoms with Gasteiger partial charge in [0.05, 0.1) is 0 Å². The Bertz CT molecular complexity index is 814. The smallest absolute Gasteiger partial charge is 0.255 e. The van der Waals surface area contributed by atoms with Crippen molar-refractivity contribution in [3.05, 3.63) is 59.2 Å². The number of hydrogen-bond acceptors (Lipinski definition) is 6. The van der Waals surface area contributed by atoms with Crippen LogP contribution in [-0.4, -0.2) is 59.8 Å². The molecule has 0 bridgehead atoms. The van der Waals surface area contributed by atoms with Gasteiger partial charge in [0.15, 0.2) is 0 Å². The fourth-order valence-corrected chi connectivity index (χ4v) is 3.43. The number of nitrogens with one attached hydrogen (secondary N) is 1. The lowest BCUT2D eigenvalue weighted by molar-refractivity contribution is 0.101. The Morgan fingerprint density at radius 1 is 1.10 bits per heavy atom. The van der Waals surface area contributed by atoms with E-state index in [0.29, 0.717) is 23.4 Å². The van der Waals surface area contributed by atoms with Crippen LogP contribution in [0.2, 0.25) is 0 Å². The van der Waals surface area contributed by atoms with Crippen LogP contribution in [-0.2, 0) is 6.54 Å². The molecule has 156 valence electrons. The maximum Gasteiger partial charge on any atom is 0.255 e. The van der Waals surface area contributed by atoms with Crippen LogP contribution >= 0.6 is 0 Å². The molecule has 1 aliphatic rings. The van der Waals surface area contributed by atoms with Gasteiger partial charge in [0.1, 0.15) is 6.23 Å². The molecule has 1 unspecified atom stereocenters. The van der Waals surface area contributed by atoms with Gasteiger partial charge in [-0.05, 0) is 48.7 Å². The largest absolute Gasteiger partial charge is 0.398 e. The van der Waals surface area contributed by atoms with Gasteiger partial charge in [-0.3, -0.25) is 9.69 Å². The minimum atomic E-state index is -0.730. The number of aryl methyl sites for hydroxylation is 1. The van der Waals surface area contributed by atoms with Crippen LogP contribution in [0.15, 0.2) is 42.5 Å². The normalized spacial score (nSPS) is 16.5. The molecule has 1 saturated heterocycles. The highest BCUT2D eigenvalue weighted by atomic mass is 16.3. The Labute approximate surface area is 172 Å².